The molecular weight excluding hydrogens is 331 g/mol. The number of alkyl halides is 1. The Kier molecular flexibility index (Phi) is 3.69. The molecule has 1 amide bonds. The van der Waals surface area contributed by atoms with Gasteiger partial charge in [-0.05, 0) is 38.1 Å². The minimum Gasteiger partial charge on any atom is -0.476 e. The number of carbonyl (C=O) groups excluding carboxylic acids is 1. The van der Waals surface area contributed by atoms with Crippen molar-refractivity contribution in [3.63, 3.8) is 0 Å². The number of nitrogens with zero attached hydrogens (tertiary/aromatic N) is 2. The number of hydrogen-bond acceptors (Lipinski definition) is 6. The Morgan fingerprint density at radius 2 is 2.36 bits per heavy atom. The fraction of sp³-hybridized carbons (Fsp3) is 0.438. The number of ether oxygens (including phenoxy) is 1. The van der Waals surface area contributed by atoms with E-state index in [1.165, 1.54) is 12.3 Å². The number of aliphatic imine (C=N–C) groups is 1. The average Bonchev–Trinajstić information content (AvgIpc) is 2.61. The van der Waals surface area contributed by atoms with Gasteiger partial charge in [0.15, 0.2) is 6.17 Å². The molecule has 0 aromatic heterocycles. The third-order valence-corrected chi connectivity index (χ3v) is 4.72. The number of carbonyl (C=O) groups is 2. The number of carboxylic acid groups (broad SMARTS) is 1. The van der Waals surface area contributed by atoms with Gasteiger partial charge in [-0.2, -0.15) is 0 Å². The van der Waals surface area contributed by atoms with Crippen LogP contribution in [0.25, 0.3) is 0 Å². The van der Waals surface area contributed by atoms with Crippen molar-refractivity contribution >= 4 is 17.6 Å². The SMILES string of the molecule is CNC1N=C(C(=O)O)C(=O)N2C1=COC1=C2C(F)C=C2CCCNC21. The molecule has 0 aromatic rings. The van der Waals surface area contributed by atoms with Crippen LogP contribution in [-0.2, 0) is 14.3 Å². The van der Waals surface area contributed by atoms with E-state index in [1.54, 1.807) is 7.05 Å². The molecule has 3 unspecified atom stereocenters. The van der Waals surface area contributed by atoms with E-state index in [1.807, 2.05) is 0 Å². The summed E-state index contributed by atoms with van der Waals surface area (Å²) in [5.41, 5.74) is 0.547. The average molecular weight is 348 g/mol. The second-order valence-corrected chi connectivity index (χ2v) is 6.16. The number of piperidine rings is 1. The molecule has 3 heterocycles. The zero-order valence-electron chi connectivity index (χ0n) is 13.5. The lowest BCUT2D eigenvalue weighted by molar-refractivity contribution is -0.132. The van der Waals surface area contributed by atoms with Crippen LogP contribution in [0, 0.1) is 0 Å². The van der Waals surface area contributed by atoms with Crippen LogP contribution >= 0.6 is 0 Å². The van der Waals surface area contributed by atoms with Crippen molar-refractivity contribution in [2.75, 3.05) is 13.6 Å². The Labute approximate surface area is 142 Å². The highest BCUT2D eigenvalue weighted by Gasteiger charge is 2.47. The predicted octanol–water partition coefficient (Wildman–Crippen LogP) is 0.0130. The van der Waals surface area contributed by atoms with E-state index in [9.17, 15) is 19.1 Å². The van der Waals surface area contributed by atoms with E-state index in [4.69, 9.17) is 4.74 Å². The summed E-state index contributed by atoms with van der Waals surface area (Å²) < 4.78 is 20.6. The zero-order valence-corrected chi connectivity index (χ0v) is 13.5. The molecule has 1 fully saturated rings. The minimum atomic E-state index is -1.56. The van der Waals surface area contributed by atoms with Crippen molar-refractivity contribution in [1.29, 1.82) is 0 Å². The van der Waals surface area contributed by atoms with Crippen molar-refractivity contribution in [3.8, 4) is 0 Å². The Hall–Kier alpha value is -2.52. The molecule has 1 aliphatic carbocycles. The Bertz CT molecular complexity index is 785. The van der Waals surface area contributed by atoms with Gasteiger partial charge in [-0.15, -0.1) is 0 Å². The predicted molar refractivity (Wildman–Crippen MR) is 85.0 cm³/mol. The van der Waals surface area contributed by atoms with Crippen LogP contribution < -0.4 is 10.6 Å². The molecule has 25 heavy (non-hydrogen) atoms. The highest BCUT2D eigenvalue weighted by atomic mass is 19.1. The van der Waals surface area contributed by atoms with E-state index < -0.39 is 29.9 Å². The van der Waals surface area contributed by atoms with E-state index in [0.717, 1.165) is 29.9 Å². The van der Waals surface area contributed by atoms with Gasteiger partial charge in [0.2, 0.25) is 5.71 Å². The minimum absolute atomic E-state index is 0.0274. The summed E-state index contributed by atoms with van der Waals surface area (Å²) >= 11 is 0. The first-order valence-corrected chi connectivity index (χ1v) is 8.04. The summed E-state index contributed by atoms with van der Waals surface area (Å²) in [6.45, 7) is 0.755. The lowest BCUT2D eigenvalue weighted by Crippen LogP contribution is -2.54. The molecule has 9 heteroatoms. The van der Waals surface area contributed by atoms with E-state index in [-0.39, 0.29) is 17.4 Å². The third-order valence-electron chi connectivity index (χ3n) is 4.72. The topological polar surface area (TPSA) is 103 Å². The molecule has 0 spiro atoms. The number of carboxylic acids is 1. The molecule has 0 saturated carbocycles. The number of allylic oxidation sites excluding steroid dienone is 1. The van der Waals surface area contributed by atoms with Gasteiger partial charge in [0.05, 0.1) is 6.04 Å². The Balaban J connectivity index is 1.81. The highest BCUT2D eigenvalue weighted by molar-refractivity contribution is 6.64. The maximum Gasteiger partial charge on any atom is 0.359 e. The molecule has 0 aromatic carbocycles. The van der Waals surface area contributed by atoms with Crippen LogP contribution in [-0.4, -0.2) is 59.6 Å². The molecule has 1 saturated heterocycles. The number of aliphatic carboxylic acids is 1. The van der Waals surface area contributed by atoms with Gasteiger partial charge in [0, 0.05) is 0 Å². The molecule has 3 atom stereocenters. The maximum atomic E-state index is 14.9. The Morgan fingerprint density at radius 3 is 3.08 bits per heavy atom. The van der Waals surface area contributed by atoms with Crippen LogP contribution in [0.5, 0.6) is 0 Å². The smallest absolute Gasteiger partial charge is 0.359 e. The fourth-order valence-electron chi connectivity index (χ4n) is 3.61. The van der Waals surface area contributed by atoms with Gasteiger partial charge in [-0.1, -0.05) is 0 Å². The first-order valence-electron chi connectivity index (χ1n) is 8.04. The number of halogens is 1. The number of hydrogen-bond donors (Lipinski definition) is 3. The molecule has 0 radical (unpaired) electrons. The zero-order chi connectivity index (χ0) is 17.7. The lowest BCUT2D eigenvalue weighted by atomic mass is 9.87. The van der Waals surface area contributed by atoms with Gasteiger partial charge in [-0.25, -0.2) is 14.2 Å². The number of amides is 1. The molecule has 3 aliphatic heterocycles. The Morgan fingerprint density at radius 1 is 1.56 bits per heavy atom. The first kappa shape index (κ1) is 16.0. The number of nitrogens with one attached hydrogen (secondary N) is 2. The largest absolute Gasteiger partial charge is 0.476 e. The number of rotatable bonds is 2. The van der Waals surface area contributed by atoms with Crippen LogP contribution in [0.3, 0.4) is 0 Å². The number of fused-ring (bicyclic) bond motifs is 4. The van der Waals surface area contributed by atoms with Crippen molar-refractivity contribution in [1.82, 2.24) is 15.5 Å². The molecule has 0 bridgehead atoms. The third kappa shape index (κ3) is 2.30. The maximum absolute atomic E-state index is 14.9. The van der Waals surface area contributed by atoms with Gasteiger partial charge >= 0.3 is 5.97 Å². The van der Waals surface area contributed by atoms with Crippen molar-refractivity contribution in [2.24, 2.45) is 4.99 Å². The standard InChI is InChI=1S/C16H17FN4O4/c1-18-14-9-6-25-13-10-7(3-2-4-19-10)5-8(17)12(13)21(9)15(22)11(20-14)16(23)24/h5-6,8,10,14,18-19H,2-4H2,1H3,(H,23,24). The summed E-state index contributed by atoms with van der Waals surface area (Å²) in [7, 11) is 1.57. The second-order valence-electron chi connectivity index (χ2n) is 6.16. The van der Waals surface area contributed by atoms with Crippen LogP contribution in [0.4, 0.5) is 4.39 Å². The van der Waals surface area contributed by atoms with E-state index in [2.05, 4.69) is 15.6 Å². The molecule has 4 rings (SSSR count). The second kappa shape index (κ2) is 5.78. The summed E-state index contributed by atoms with van der Waals surface area (Å²) in [6, 6.07) is -0.304. The van der Waals surface area contributed by atoms with Crippen LogP contribution in [0.2, 0.25) is 0 Å². The normalized spacial score (nSPS) is 31.1. The molecular formula is C16H17FN4O4. The number of likely N-dealkylation sites (N-methyl/N-ethyl adjacent to an activating group) is 1. The van der Waals surface area contributed by atoms with Crippen LogP contribution in [0.15, 0.2) is 40.1 Å². The lowest BCUT2D eigenvalue weighted by Gasteiger charge is -2.42. The van der Waals surface area contributed by atoms with Gasteiger partial charge in [-0.3, -0.25) is 15.0 Å². The van der Waals surface area contributed by atoms with Gasteiger partial charge < -0.3 is 15.2 Å². The summed E-state index contributed by atoms with van der Waals surface area (Å²) in [5.74, 6) is -2.00. The van der Waals surface area contributed by atoms with E-state index in [0.29, 0.717) is 5.76 Å². The molecule has 132 valence electrons. The van der Waals surface area contributed by atoms with Crippen molar-refractivity contribution in [3.05, 3.63) is 35.1 Å². The monoisotopic (exact) mass is 348 g/mol. The summed E-state index contributed by atoms with van der Waals surface area (Å²) in [6.07, 6.45) is 2.11. The van der Waals surface area contributed by atoms with Crippen molar-refractivity contribution < 1.29 is 23.8 Å². The summed E-state index contributed by atoms with van der Waals surface area (Å²) in [5, 5.41) is 15.3. The fourth-order valence-corrected chi connectivity index (χ4v) is 3.61. The first-order chi connectivity index (χ1) is 12.0. The van der Waals surface area contributed by atoms with Crippen molar-refractivity contribution in [2.45, 2.75) is 31.2 Å². The molecule has 3 N–H and O–H groups in total. The molecule has 4 aliphatic rings. The van der Waals surface area contributed by atoms with Gasteiger partial charge in [0.25, 0.3) is 5.91 Å². The van der Waals surface area contributed by atoms with Gasteiger partial charge in [0.1, 0.15) is 29.6 Å². The highest BCUT2D eigenvalue weighted by Crippen LogP contribution is 2.40. The quantitative estimate of drug-likeness (QED) is 0.608. The van der Waals surface area contributed by atoms with Crippen LogP contribution in [0.1, 0.15) is 12.8 Å². The summed E-state index contributed by atoms with van der Waals surface area (Å²) in [4.78, 5) is 29.0. The molecule has 8 nitrogen and oxygen atoms in total. The van der Waals surface area contributed by atoms with E-state index >= 15 is 0 Å².